The first-order chi connectivity index (χ1) is 8.75. The van der Waals surface area contributed by atoms with Gasteiger partial charge in [0.15, 0.2) is 15.6 Å². The van der Waals surface area contributed by atoms with Gasteiger partial charge in [-0.3, -0.25) is 4.79 Å². The second-order valence-corrected chi connectivity index (χ2v) is 7.99. The van der Waals surface area contributed by atoms with Crippen LogP contribution in [0.3, 0.4) is 0 Å². The number of Topliss-reactive ketones (excluding diaryl/α,β-unsaturated/α-hetero) is 1. The van der Waals surface area contributed by atoms with E-state index in [4.69, 9.17) is 5.73 Å². The van der Waals surface area contributed by atoms with Crippen LogP contribution in [0.25, 0.3) is 0 Å². The molecule has 2 unspecified atom stereocenters. The summed E-state index contributed by atoms with van der Waals surface area (Å²) in [5, 5.41) is 3.69. The molecule has 3 N–H and O–H groups in total. The molecular formula is C12H18N2O3S2. The predicted octanol–water partition coefficient (Wildman–Crippen LogP) is 2.15. The zero-order valence-electron chi connectivity index (χ0n) is 11.2. The fraction of sp³-hybridized carbons (Fsp3) is 0.583. The monoisotopic (exact) mass is 302 g/mol. The number of hydrogen-bond donors (Lipinski definition) is 2. The smallest absolute Gasteiger partial charge is 0.180 e. The molecular weight excluding hydrogens is 284 g/mol. The van der Waals surface area contributed by atoms with Crippen LogP contribution in [-0.2, 0) is 9.84 Å². The molecule has 1 heterocycles. The first-order valence-electron chi connectivity index (χ1n) is 6.17. The van der Waals surface area contributed by atoms with Crippen molar-refractivity contribution in [3.05, 3.63) is 4.88 Å². The van der Waals surface area contributed by atoms with E-state index in [0.29, 0.717) is 22.2 Å². The van der Waals surface area contributed by atoms with Crippen LogP contribution < -0.4 is 11.1 Å². The number of ketones is 1. The second kappa shape index (κ2) is 4.79. The Bertz CT molecular complexity index is 619. The first-order valence-corrected chi connectivity index (χ1v) is 8.88. The molecule has 2 atom stereocenters. The summed E-state index contributed by atoms with van der Waals surface area (Å²) in [6.07, 6.45) is 2.44. The maximum atomic E-state index is 11.9. The zero-order chi connectivity index (χ0) is 14.4. The molecule has 0 radical (unpaired) electrons. The summed E-state index contributed by atoms with van der Waals surface area (Å²) < 4.78 is 23.7. The molecule has 7 heteroatoms. The number of nitrogens with one attached hydrogen (secondary N) is 1. The van der Waals surface area contributed by atoms with Gasteiger partial charge in [0.1, 0.15) is 9.90 Å². The topological polar surface area (TPSA) is 89.3 Å². The van der Waals surface area contributed by atoms with E-state index in [1.54, 1.807) is 6.92 Å². The average molecular weight is 302 g/mol. The van der Waals surface area contributed by atoms with Gasteiger partial charge in [-0.1, -0.05) is 13.8 Å². The van der Waals surface area contributed by atoms with Crippen LogP contribution in [0.2, 0.25) is 0 Å². The fourth-order valence-corrected chi connectivity index (χ4v) is 4.58. The Balaban J connectivity index is 2.48. The van der Waals surface area contributed by atoms with Crippen molar-refractivity contribution in [2.45, 2.75) is 37.6 Å². The number of thiophene rings is 1. The maximum absolute atomic E-state index is 11.9. The Morgan fingerprint density at radius 2 is 2.11 bits per heavy atom. The first kappa shape index (κ1) is 14.3. The fourth-order valence-electron chi connectivity index (χ4n) is 1.95. The van der Waals surface area contributed by atoms with Crippen molar-refractivity contribution in [1.29, 1.82) is 0 Å². The van der Waals surface area contributed by atoms with Crippen molar-refractivity contribution in [2.75, 3.05) is 17.3 Å². The van der Waals surface area contributed by atoms with E-state index in [-0.39, 0.29) is 22.4 Å². The van der Waals surface area contributed by atoms with E-state index in [0.717, 1.165) is 24.0 Å². The average Bonchev–Trinajstić information content (AvgIpc) is 2.86. The summed E-state index contributed by atoms with van der Waals surface area (Å²) in [6.45, 7) is 3.82. The molecule has 1 saturated carbocycles. The number of sulfone groups is 1. The SMILES string of the molecule is CCC(=O)c1sc(NC2CC2C)c(S(C)(=O)=O)c1N. The Labute approximate surface area is 117 Å². The van der Waals surface area contributed by atoms with Gasteiger partial charge in [0.2, 0.25) is 0 Å². The van der Waals surface area contributed by atoms with Crippen LogP contribution in [-0.4, -0.2) is 26.5 Å². The minimum atomic E-state index is -3.45. The minimum absolute atomic E-state index is 0.0772. The number of nitrogens with two attached hydrogens (primary N) is 1. The van der Waals surface area contributed by atoms with Crippen molar-refractivity contribution in [1.82, 2.24) is 0 Å². The molecule has 0 saturated heterocycles. The van der Waals surface area contributed by atoms with Crippen molar-refractivity contribution in [3.8, 4) is 0 Å². The van der Waals surface area contributed by atoms with Gasteiger partial charge < -0.3 is 11.1 Å². The summed E-state index contributed by atoms with van der Waals surface area (Å²) in [5.74, 6) is 0.408. The third-order valence-electron chi connectivity index (χ3n) is 3.27. The summed E-state index contributed by atoms with van der Waals surface area (Å²) in [7, 11) is -3.45. The van der Waals surface area contributed by atoms with Gasteiger partial charge >= 0.3 is 0 Å². The summed E-state index contributed by atoms with van der Waals surface area (Å²) in [5.41, 5.74) is 5.96. The third-order valence-corrected chi connectivity index (χ3v) is 5.74. The molecule has 2 rings (SSSR count). The van der Waals surface area contributed by atoms with E-state index in [1.807, 2.05) is 0 Å². The van der Waals surface area contributed by atoms with E-state index < -0.39 is 9.84 Å². The molecule has 0 aliphatic heterocycles. The molecule has 0 aromatic carbocycles. The Hall–Kier alpha value is -1.08. The normalized spacial score (nSPS) is 22.3. The van der Waals surface area contributed by atoms with Crippen molar-refractivity contribution in [2.24, 2.45) is 5.92 Å². The van der Waals surface area contributed by atoms with Crippen LogP contribution >= 0.6 is 11.3 Å². The van der Waals surface area contributed by atoms with Crippen molar-refractivity contribution >= 4 is 37.6 Å². The highest BCUT2D eigenvalue weighted by atomic mass is 32.2. The molecule has 0 amide bonds. The lowest BCUT2D eigenvalue weighted by Crippen LogP contribution is -2.08. The van der Waals surface area contributed by atoms with Gasteiger partial charge in [-0.15, -0.1) is 11.3 Å². The molecule has 1 aliphatic carbocycles. The van der Waals surface area contributed by atoms with Crippen LogP contribution in [0.15, 0.2) is 4.90 Å². The van der Waals surface area contributed by atoms with Crippen molar-refractivity contribution < 1.29 is 13.2 Å². The highest BCUT2D eigenvalue weighted by molar-refractivity contribution is 7.91. The highest BCUT2D eigenvalue weighted by Crippen LogP contribution is 2.43. The highest BCUT2D eigenvalue weighted by Gasteiger charge is 2.35. The van der Waals surface area contributed by atoms with E-state index in [2.05, 4.69) is 12.2 Å². The van der Waals surface area contributed by atoms with Gasteiger partial charge in [-0.2, -0.15) is 0 Å². The van der Waals surface area contributed by atoms with Gasteiger partial charge in [0.25, 0.3) is 0 Å². The lowest BCUT2D eigenvalue weighted by Gasteiger charge is -2.05. The Morgan fingerprint density at radius 3 is 2.53 bits per heavy atom. The summed E-state index contributed by atoms with van der Waals surface area (Å²) in [4.78, 5) is 12.2. The summed E-state index contributed by atoms with van der Waals surface area (Å²) >= 11 is 1.15. The third kappa shape index (κ3) is 2.76. The van der Waals surface area contributed by atoms with Gasteiger partial charge in [-0.05, 0) is 12.3 Å². The van der Waals surface area contributed by atoms with Crippen LogP contribution in [0.4, 0.5) is 10.7 Å². The van der Waals surface area contributed by atoms with Crippen LogP contribution in [0.1, 0.15) is 36.4 Å². The molecule has 1 aromatic rings. The van der Waals surface area contributed by atoms with Gasteiger partial charge in [-0.25, -0.2) is 8.42 Å². The van der Waals surface area contributed by atoms with Crippen LogP contribution in [0, 0.1) is 5.92 Å². The molecule has 5 nitrogen and oxygen atoms in total. The second-order valence-electron chi connectivity index (χ2n) is 5.02. The number of rotatable bonds is 5. The molecule has 19 heavy (non-hydrogen) atoms. The zero-order valence-corrected chi connectivity index (χ0v) is 12.8. The maximum Gasteiger partial charge on any atom is 0.180 e. The Kier molecular flexibility index (Phi) is 3.61. The number of nitrogen functional groups attached to an aromatic ring is 1. The molecule has 0 bridgehead atoms. The van der Waals surface area contributed by atoms with E-state index in [9.17, 15) is 13.2 Å². The molecule has 1 aromatic heterocycles. The molecule has 1 aliphatic rings. The van der Waals surface area contributed by atoms with E-state index >= 15 is 0 Å². The largest absolute Gasteiger partial charge is 0.396 e. The Morgan fingerprint density at radius 1 is 1.53 bits per heavy atom. The number of carbonyl (C=O) groups is 1. The van der Waals surface area contributed by atoms with Crippen molar-refractivity contribution in [3.63, 3.8) is 0 Å². The lowest BCUT2D eigenvalue weighted by molar-refractivity contribution is 0.0992. The summed E-state index contributed by atoms with van der Waals surface area (Å²) in [6, 6.07) is 0.281. The minimum Gasteiger partial charge on any atom is -0.396 e. The lowest BCUT2D eigenvalue weighted by atomic mass is 10.2. The predicted molar refractivity (Wildman–Crippen MR) is 77.7 cm³/mol. The number of hydrogen-bond acceptors (Lipinski definition) is 6. The molecule has 0 spiro atoms. The van der Waals surface area contributed by atoms with Gasteiger partial charge in [0.05, 0.1) is 10.6 Å². The van der Waals surface area contributed by atoms with Gasteiger partial charge in [0, 0.05) is 18.7 Å². The molecule has 1 fully saturated rings. The van der Waals surface area contributed by atoms with E-state index in [1.165, 1.54) is 0 Å². The molecule has 106 valence electrons. The quantitative estimate of drug-likeness (QED) is 0.813. The number of carbonyl (C=O) groups excluding carboxylic acids is 1. The standard InChI is InChI=1S/C12H18N2O3S2/c1-4-8(15)10-9(13)11(19(3,16)17)12(18-10)14-7-5-6(7)2/h6-7,14H,4-5,13H2,1-3H3. The van der Waals surface area contributed by atoms with Crippen LogP contribution in [0.5, 0.6) is 0 Å². The number of anilines is 2.